The van der Waals surface area contributed by atoms with E-state index in [1.807, 2.05) is 21.7 Å². The van der Waals surface area contributed by atoms with Crippen molar-refractivity contribution in [3.8, 4) is 0 Å². The SMILES string of the molecule is O=C(c1ccc(N2CCNC2=O)cc1)N1CCCC(n2cncn2)C1. The van der Waals surface area contributed by atoms with Gasteiger partial charge in [0.2, 0.25) is 0 Å². The fourth-order valence-corrected chi connectivity index (χ4v) is 3.45. The topological polar surface area (TPSA) is 83.4 Å². The van der Waals surface area contributed by atoms with Gasteiger partial charge in [-0.05, 0) is 37.1 Å². The number of likely N-dealkylation sites (tertiary alicyclic amines) is 1. The van der Waals surface area contributed by atoms with Crippen LogP contribution in [-0.2, 0) is 0 Å². The van der Waals surface area contributed by atoms with E-state index in [-0.39, 0.29) is 18.0 Å². The molecule has 2 aromatic rings. The molecule has 1 unspecified atom stereocenters. The highest BCUT2D eigenvalue weighted by atomic mass is 16.2. The normalized spacial score (nSPS) is 20.6. The summed E-state index contributed by atoms with van der Waals surface area (Å²) in [4.78, 5) is 32.1. The number of aromatic nitrogens is 3. The number of nitrogens with zero attached hydrogens (tertiary/aromatic N) is 5. The van der Waals surface area contributed by atoms with E-state index in [0.29, 0.717) is 25.2 Å². The summed E-state index contributed by atoms with van der Waals surface area (Å²) >= 11 is 0. The Morgan fingerprint density at radius 2 is 2.04 bits per heavy atom. The molecule has 2 fully saturated rings. The minimum Gasteiger partial charge on any atom is -0.337 e. The molecule has 130 valence electrons. The van der Waals surface area contributed by atoms with Crippen LogP contribution in [0, 0.1) is 0 Å². The van der Waals surface area contributed by atoms with Crippen molar-refractivity contribution < 1.29 is 9.59 Å². The molecule has 1 aromatic heterocycles. The maximum Gasteiger partial charge on any atom is 0.321 e. The number of carbonyl (C=O) groups is 2. The standard InChI is InChI=1S/C17H20N6O2/c24-16(21-8-1-2-15(10-21)23-12-18-11-20-23)13-3-5-14(6-4-13)22-9-7-19-17(22)25/h3-6,11-12,15H,1-2,7-10H2,(H,19,25). The van der Waals surface area contributed by atoms with Crippen LogP contribution in [0.1, 0.15) is 29.2 Å². The zero-order valence-electron chi connectivity index (χ0n) is 13.8. The molecule has 0 radical (unpaired) electrons. The number of carbonyl (C=O) groups excluding carboxylic acids is 2. The first-order valence-electron chi connectivity index (χ1n) is 8.51. The van der Waals surface area contributed by atoms with E-state index in [2.05, 4.69) is 15.4 Å². The van der Waals surface area contributed by atoms with E-state index in [1.165, 1.54) is 6.33 Å². The van der Waals surface area contributed by atoms with Crippen molar-refractivity contribution in [3.63, 3.8) is 0 Å². The predicted molar refractivity (Wildman–Crippen MR) is 91.4 cm³/mol. The molecule has 8 nitrogen and oxygen atoms in total. The molecule has 1 N–H and O–H groups in total. The van der Waals surface area contributed by atoms with Crippen molar-refractivity contribution in [1.29, 1.82) is 0 Å². The quantitative estimate of drug-likeness (QED) is 0.912. The van der Waals surface area contributed by atoms with Gasteiger partial charge < -0.3 is 10.2 Å². The second-order valence-corrected chi connectivity index (χ2v) is 6.35. The first-order valence-corrected chi connectivity index (χ1v) is 8.51. The van der Waals surface area contributed by atoms with Gasteiger partial charge in [-0.15, -0.1) is 0 Å². The molecule has 1 aromatic carbocycles. The summed E-state index contributed by atoms with van der Waals surface area (Å²) in [5.41, 5.74) is 1.45. The van der Waals surface area contributed by atoms with Gasteiger partial charge in [-0.1, -0.05) is 0 Å². The molecule has 8 heteroatoms. The second-order valence-electron chi connectivity index (χ2n) is 6.35. The Labute approximate surface area is 145 Å². The van der Waals surface area contributed by atoms with E-state index < -0.39 is 0 Å². The molecule has 3 amide bonds. The van der Waals surface area contributed by atoms with Gasteiger partial charge in [0.25, 0.3) is 5.91 Å². The van der Waals surface area contributed by atoms with E-state index >= 15 is 0 Å². The smallest absolute Gasteiger partial charge is 0.321 e. The number of piperidine rings is 1. The molecule has 0 saturated carbocycles. The van der Waals surface area contributed by atoms with Gasteiger partial charge in [-0.3, -0.25) is 9.69 Å². The maximum absolute atomic E-state index is 12.8. The first kappa shape index (κ1) is 15.6. The zero-order valence-corrected chi connectivity index (χ0v) is 13.8. The van der Waals surface area contributed by atoms with Gasteiger partial charge in [0, 0.05) is 37.4 Å². The average molecular weight is 340 g/mol. The highest BCUT2D eigenvalue weighted by molar-refractivity contribution is 5.97. The lowest BCUT2D eigenvalue weighted by atomic mass is 10.0. The van der Waals surface area contributed by atoms with Crippen LogP contribution in [0.3, 0.4) is 0 Å². The van der Waals surface area contributed by atoms with Gasteiger partial charge in [0.15, 0.2) is 0 Å². The highest BCUT2D eigenvalue weighted by Gasteiger charge is 2.26. The molecule has 2 saturated heterocycles. The van der Waals surface area contributed by atoms with Crippen molar-refractivity contribution in [2.45, 2.75) is 18.9 Å². The van der Waals surface area contributed by atoms with Gasteiger partial charge in [-0.25, -0.2) is 14.5 Å². The number of benzene rings is 1. The molecule has 2 aliphatic rings. The molecule has 25 heavy (non-hydrogen) atoms. The largest absolute Gasteiger partial charge is 0.337 e. The summed E-state index contributed by atoms with van der Waals surface area (Å²) in [5.74, 6) is 0.0160. The van der Waals surface area contributed by atoms with Crippen LogP contribution in [0.4, 0.5) is 10.5 Å². The van der Waals surface area contributed by atoms with Gasteiger partial charge in [-0.2, -0.15) is 5.10 Å². The summed E-state index contributed by atoms with van der Waals surface area (Å²) in [6.07, 6.45) is 5.17. The fraction of sp³-hybridized carbons (Fsp3) is 0.412. The lowest BCUT2D eigenvalue weighted by Crippen LogP contribution is -2.40. The summed E-state index contributed by atoms with van der Waals surface area (Å²) in [5, 5.41) is 6.97. The fourth-order valence-electron chi connectivity index (χ4n) is 3.45. The summed E-state index contributed by atoms with van der Waals surface area (Å²) < 4.78 is 1.83. The molecule has 3 heterocycles. The van der Waals surface area contributed by atoms with E-state index in [1.54, 1.807) is 23.4 Å². The molecular formula is C17H20N6O2. The van der Waals surface area contributed by atoms with Crippen molar-refractivity contribution >= 4 is 17.6 Å². The van der Waals surface area contributed by atoms with E-state index in [0.717, 1.165) is 25.1 Å². The van der Waals surface area contributed by atoms with Crippen molar-refractivity contribution in [1.82, 2.24) is 25.0 Å². The monoisotopic (exact) mass is 340 g/mol. The van der Waals surface area contributed by atoms with Crippen LogP contribution in [0.25, 0.3) is 0 Å². The van der Waals surface area contributed by atoms with Gasteiger partial charge >= 0.3 is 6.03 Å². The number of anilines is 1. The van der Waals surface area contributed by atoms with Crippen LogP contribution in [0.15, 0.2) is 36.9 Å². The molecule has 0 bridgehead atoms. The molecule has 2 aliphatic heterocycles. The second kappa shape index (κ2) is 6.54. The average Bonchev–Trinajstić information content (AvgIpc) is 3.33. The number of hydrogen-bond acceptors (Lipinski definition) is 4. The van der Waals surface area contributed by atoms with E-state index in [4.69, 9.17) is 0 Å². The number of rotatable bonds is 3. The maximum atomic E-state index is 12.8. The first-order chi connectivity index (χ1) is 12.2. The molecular weight excluding hydrogens is 320 g/mol. The van der Waals surface area contributed by atoms with Crippen LogP contribution in [0.5, 0.6) is 0 Å². The van der Waals surface area contributed by atoms with Crippen LogP contribution >= 0.6 is 0 Å². The third-order valence-electron chi connectivity index (χ3n) is 4.78. The molecule has 0 spiro atoms. The van der Waals surface area contributed by atoms with Crippen LogP contribution < -0.4 is 10.2 Å². The molecule has 0 aliphatic carbocycles. The van der Waals surface area contributed by atoms with Crippen molar-refractivity contribution in [3.05, 3.63) is 42.5 Å². The summed E-state index contributed by atoms with van der Waals surface area (Å²) in [6, 6.07) is 7.33. The zero-order chi connectivity index (χ0) is 17.2. The Morgan fingerprint density at radius 1 is 1.20 bits per heavy atom. The van der Waals surface area contributed by atoms with Gasteiger partial charge in [0.05, 0.1) is 6.04 Å². The Bertz CT molecular complexity index is 758. The lowest BCUT2D eigenvalue weighted by molar-refractivity contribution is 0.0673. The van der Waals surface area contributed by atoms with Crippen LogP contribution in [0.2, 0.25) is 0 Å². The van der Waals surface area contributed by atoms with E-state index in [9.17, 15) is 9.59 Å². The number of nitrogens with one attached hydrogen (secondary N) is 1. The Morgan fingerprint density at radius 3 is 2.72 bits per heavy atom. The van der Waals surface area contributed by atoms with Gasteiger partial charge in [0.1, 0.15) is 12.7 Å². The predicted octanol–water partition coefficient (Wildman–Crippen LogP) is 1.28. The Kier molecular flexibility index (Phi) is 4.09. The third-order valence-corrected chi connectivity index (χ3v) is 4.78. The Balaban J connectivity index is 1.46. The number of hydrogen-bond donors (Lipinski definition) is 1. The highest BCUT2D eigenvalue weighted by Crippen LogP contribution is 2.23. The Hall–Kier alpha value is -2.90. The summed E-state index contributed by atoms with van der Waals surface area (Å²) in [7, 11) is 0. The third kappa shape index (κ3) is 3.07. The molecule has 1 atom stereocenters. The minimum atomic E-state index is -0.0919. The molecule has 4 rings (SSSR count). The minimum absolute atomic E-state index is 0.0160. The summed E-state index contributed by atoms with van der Waals surface area (Å²) in [6.45, 7) is 2.69. The number of urea groups is 1. The van der Waals surface area contributed by atoms with Crippen molar-refractivity contribution in [2.24, 2.45) is 0 Å². The van der Waals surface area contributed by atoms with Crippen molar-refractivity contribution in [2.75, 3.05) is 31.1 Å². The number of amides is 3. The van der Waals surface area contributed by atoms with Crippen LogP contribution in [-0.4, -0.2) is 57.8 Å². The lowest BCUT2D eigenvalue weighted by Gasteiger charge is -2.32.